The van der Waals surface area contributed by atoms with Crippen LogP contribution in [0.2, 0.25) is 0 Å². The number of thioether (sulfide) groups is 1. The summed E-state index contributed by atoms with van der Waals surface area (Å²) in [5.41, 5.74) is -3.46. The molecule has 0 fully saturated rings. The molecule has 1 aromatic carbocycles. The van der Waals surface area contributed by atoms with Crippen molar-refractivity contribution in [3.8, 4) is 11.6 Å². The van der Waals surface area contributed by atoms with E-state index < -0.39 is 17.5 Å². The van der Waals surface area contributed by atoms with Crippen LogP contribution in [0.1, 0.15) is 18.2 Å². The molecule has 0 radical (unpaired) electrons. The van der Waals surface area contributed by atoms with Crippen molar-refractivity contribution in [2.45, 2.75) is 30.1 Å². The summed E-state index contributed by atoms with van der Waals surface area (Å²) in [7, 11) is 0. The molecular formula is C18H17F3N4O2S. The van der Waals surface area contributed by atoms with E-state index >= 15 is 0 Å². The molecule has 0 aliphatic heterocycles. The van der Waals surface area contributed by atoms with E-state index in [1.807, 2.05) is 6.26 Å². The summed E-state index contributed by atoms with van der Waals surface area (Å²) < 4.78 is 47.5. The van der Waals surface area contributed by atoms with E-state index in [0.29, 0.717) is 5.75 Å². The highest BCUT2D eigenvalue weighted by Gasteiger charge is 2.41. The molecule has 3 rings (SSSR count). The van der Waals surface area contributed by atoms with Crippen molar-refractivity contribution >= 4 is 11.8 Å². The Bertz CT molecular complexity index is 929. The van der Waals surface area contributed by atoms with E-state index in [1.54, 1.807) is 24.3 Å². The minimum atomic E-state index is -4.77. The second-order valence-electron chi connectivity index (χ2n) is 6.19. The van der Waals surface area contributed by atoms with Crippen LogP contribution in [-0.4, -0.2) is 31.1 Å². The van der Waals surface area contributed by atoms with Crippen LogP contribution < -0.4 is 4.74 Å². The summed E-state index contributed by atoms with van der Waals surface area (Å²) in [5, 5.41) is 14.5. The topological polar surface area (TPSA) is 73.1 Å². The Hall–Kier alpha value is -2.59. The van der Waals surface area contributed by atoms with Crippen molar-refractivity contribution in [3.63, 3.8) is 0 Å². The van der Waals surface area contributed by atoms with Crippen LogP contribution >= 0.6 is 11.8 Å². The first kappa shape index (κ1) is 20.2. The maximum absolute atomic E-state index is 13.6. The van der Waals surface area contributed by atoms with Gasteiger partial charge in [0.1, 0.15) is 24.0 Å². The highest BCUT2D eigenvalue weighted by atomic mass is 32.2. The van der Waals surface area contributed by atoms with Crippen LogP contribution in [0.15, 0.2) is 53.9 Å². The summed E-state index contributed by atoms with van der Waals surface area (Å²) in [4.78, 5) is 8.34. The Morgan fingerprint density at radius 2 is 1.86 bits per heavy atom. The normalized spacial score (nSPS) is 13.9. The fourth-order valence-electron chi connectivity index (χ4n) is 2.63. The molecule has 0 spiro atoms. The van der Waals surface area contributed by atoms with Gasteiger partial charge in [-0.1, -0.05) is 0 Å². The van der Waals surface area contributed by atoms with E-state index in [4.69, 9.17) is 4.74 Å². The molecule has 0 amide bonds. The molecular weight excluding hydrogens is 393 g/mol. The first-order valence-electron chi connectivity index (χ1n) is 8.14. The van der Waals surface area contributed by atoms with E-state index in [1.165, 1.54) is 48.2 Å². The molecule has 28 heavy (non-hydrogen) atoms. The van der Waals surface area contributed by atoms with Crippen LogP contribution in [0.25, 0.3) is 0 Å². The Kier molecular flexibility index (Phi) is 5.61. The molecule has 2 heterocycles. The smallest absolute Gasteiger partial charge is 0.433 e. The van der Waals surface area contributed by atoms with Gasteiger partial charge in [0, 0.05) is 16.5 Å². The van der Waals surface area contributed by atoms with Crippen LogP contribution in [0, 0.1) is 0 Å². The molecule has 6 nitrogen and oxygen atoms in total. The molecule has 0 saturated carbocycles. The SMILES string of the molecule is CSc1ccc(Oc2ccc(C(C)(O)Cn3cncn3)c(C(F)(F)F)n2)cc1. The van der Waals surface area contributed by atoms with Gasteiger partial charge >= 0.3 is 6.18 Å². The summed E-state index contributed by atoms with van der Waals surface area (Å²) in [6.07, 6.45) is -0.316. The first-order chi connectivity index (χ1) is 13.2. The van der Waals surface area contributed by atoms with E-state index in [-0.39, 0.29) is 18.0 Å². The predicted octanol–water partition coefficient (Wildman–Crippen LogP) is 4.11. The second kappa shape index (κ2) is 7.80. The first-order valence-corrected chi connectivity index (χ1v) is 9.37. The molecule has 2 aromatic heterocycles. The Labute approximate surface area is 163 Å². The lowest BCUT2D eigenvalue weighted by Crippen LogP contribution is -2.31. The van der Waals surface area contributed by atoms with E-state index in [2.05, 4.69) is 15.1 Å². The molecule has 0 bridgehead atoms. The number of nitrogens with zero attached hydrogens (tertiary/aromatic N) is 4. The average Bonchev–Trinajstić information content (AvgIpc) is 3.14. The third-order valence-corrected chi connectivity index (χ3v) is 4.68. The fourth-order valence-corrected chi connectivity index (χ4v) is 3.04. The molecule has 3 aromatic rings. The predicted molar refractivity (Wildman–Crippen MR) is 97.1 cm³/mol. The van der Waals surface area contributed by atoms with Crippen LogP contribution in [0.5, 0.6) is 11.6 Å². The van der Waals surface area contributed by atoms with Gasteiger partial charge < -0.3 is 9.84 Å². The number of ether oxygens (including phenoxy) is 1. The van der Waals surface area contributed by atoms with Gasteiger partial charge in [0.25, 0.3) is 0 Å². The van der Waals surface area contributed by atoms with Crippen molar-refractivity contribution in [1.29, 1.82) is 0 Å². The van der Waals surface area contributed by atoms with Crippen LogP contribution in [0.4, 0.5) is 13.2 Å². The lowest BCUT2D eigenvalue weighted by Gasteiger charge is -2.26. The number of aromatic nitrogens is 4. The zero-order chi connectivity index (χ0) is 20.4. The minimum Gasteiger partial charge on any atom is -0.439 e. The van der Waals surface area contributed by atoms with Crippen molar-refractivity contribution in [1.82, 2.24) is 19.7 Å². The van der Waals surface area contributed by atoms with Crippen LogP contribution in [-0.2, 0) is 18.3 Å². The van der Waals surface area contributed by atoms with Gasteiger partial charge in [-0.15, -0.1) is 11.8 Å². The molecule has 0 aliphatic carbocycles. The minimum absolute atomic E-state index is 0.214. The lowest BCUT2D eigenvalue weighted by molar-refractivity contribution is -0.144. The quantitative estimate of drug-likeness (QED) is 0.617. The number of hydrogen-bond donors (Lipinski definition) is 1. The van der Waals surface area contributed by atoms with Gasteiger partial charge in [0.05, 0.1) is 6.54 Å². The zero-order valence-electron chi connectivity index (χ0n) is 15.0. The van der Waals surface area contributed by atoms with Gasteiger partial charge in [-0.05, 0) is 43.5 Å². The zero-order valence-corrected chi connectivity index (χ0v) is 15.8. The van der Waals surface area contributed by atoms with Crippen LogP contribution in [0.3, 0.4) is 0 Å². The van der Waals surface area contributed by atoms with Crippen molar-refractivity contribution < 1.29 is 23.0 Å². The van der Waals surface area contributed by atoms with Crippen molar-refractivity contribution in [2.24, 2.45) is 0 Å². The standard InChI is InChI=1S/C18H17F3N4O2S/c1-17(26,9-25-11-22-10-23-25)14-7-8-15(24-16(14)18(19,20)21)27-12-3-5-13(28-2)6-4-12/h3-8,10-11,26H,9H2,1-2H3. The molecule has 1 unspecified atom stereocenters. The molecule has 1 N–H and O–H groups in total. The Morgan fingerprint density at radius 3 is 2.43 bits per heavy atom. The van der Waals surface area contributed by atoms with Gasteiger partial charge in [0.2, 0.25) is 5.88 Å². The Morgan fingerprint density at radius 1 is 1.14 bits per heavy atom. The molecule has 0 aliphatic rings. The summed E-state index contributed by atoms with van der Waals surface area (Å²) >= 11 is 1.54. The third-order valence-electron chi connectivity index (χ3n) is 3.94. The number of hydrogen-bond acceptors (Lipinski definition) is 6. The van der Waals surface area contributed by atoms with Gasteiger partial charge in [-0.25, -0.2) is 14.6 Å². The highest BCUT2D eigenvalue weighted by molar-refractivity contribution is 7.98. The maximum atomic E-state index is 13.6. The van der Waals surface area contributed by atoms with Gasteiger partial charge in [-0.3, -0.25) is 0 Å². The molecule has 0 saturated heterocycles. The largest absolute Gasteiger partial charge is 0.439 e. The highest BCUT2D eigenvalue weighted by Crippen LogP contribution is 2.38. The molecule has 148 valence electrons. The van der Waals surface area contributed by atoms with Gasteiger partial charge in [0.15, 0.2) is 5.69 Å². The molecule has 10 heteroatoms. The van der Waals surface area contributed by atoms with E-state index in [9.17, 15) is 18.3 Å². The fraction of sp³-hybridized carbons (Fsp3) is 0.278. The number of benzene rings is 1. The summed E-state index contributed by atoms with van der Waals surface area (Å²) in [5.74, 6) is 0.144. The number of rotatable bonds is 6. The molecule has 1 atom stereocenters. The van der Waals surface area contributed by atoms with Crippen molar-refractivity contribution in [3.05, 3.63) is 60.3 Å². The third kappa shape index (κ3) is 4.63. The number of alkyl halides is 3. The van der Waals surface area contributed by atoms with E-state index in [0.717, 1.165) is 4.90 Å². The lowest BCUT2D eigenvalue weighted by atomic mass is 9.94. The number of aliphatic hydroxyl groups is 1. The summed E-state index contributed by atoms with van der Waals surface area (Å²) in [6.45, 7) is 1.05. The maximum Gasteiger partial charge on any atom is 0.433 e. The summed E-state index contributed by atoms with van der Waals surface area (Å²) in [6, 6.07) is 9.34. The van der Waals surface area contributed by atoms with Gasteiger partial charge in [-0.2, -0.15) is 18.3 Å². The average molecular weight is 410 g/mol. The monoisotopic (exact) mass is 410 g/mol. The number of halogens is 3. The Balaban J connectivity index is 1.93. The number of pyridine rings is 1. The second-order valence-corrected chi connectivity index (χ2v) is 7.07. The van der Waals surface area contributed by atoms with Crippen molar-refractivity contribution in [2.75, 3.05) is 6.26 Å².